The number of hydrogen-bond donors (Lipinski definition) is 0. The van der Waals surface area contributed by atoms with E-state index in [4.69, 9.17) is 18.9 Å². The summed E-state index contributed by atoms with van der Waals surface area (Å²) in [7, 11) is 1.56. The van der Waals surface area contributed by atoms with E-state index in [0.717, 1.165) is 11.1 Å². The van der Waals surface area contributed by atoms with Gasteiger partial charge in [-0.1, -0.05) is 24.3 Å². The fourth-order valence-corrected chi connectivity index (χ4v) is 4.07. The first kappa shape index (κ1) is 25.0. The number of carbonyl (C=O) groups is 2. The van der Waals surface area contributed by atoms with Crippen LogP contribution in [0.25, 0.3) is 11.1 Å². The summed E-state index contributed by atoms with van der Waals surface area (Å²) in [5.74, 6) is 0.907. The number of benzene rings is 3. The average Bonchev–Trinajstić information content (AvgIpc) is 3.35. The number of amides is 1. The third-order valence-corrected chi connectivity index (χ3v) is 6.13. The van der Waals surface area contributed by atoms with Crippen LogP contribution in [-0.4, -0.2) is 50.4 Å². The van der Waals surface area contributed by atoms with Gasteiger partial charge in [0, 0.05) is 13.1 Å². The Labute approximate surface area is 209 Å². The van der Waals surface area contributed by atoms with Gasteiger partial charge in [0.2, 0.25) is 0 Å². The third kappa shape index (κ3) is 5.76. The second-order valence-electron chi connectivity index (χ2n) is 8.54. The van der Waals surface area contributed by atoms with E-state index in [2.05, 4.69) is 0 Å². The highest BCUT2D eigenvalue weighted by Gasteiger charge is 2.48. The molecule has 1 atom stereocenters. The molecule has 0 radical (unpaired) electrons. The first-order valence-corrected chi connectivity index (χ1v) is 11.7. The Morgan fingerprint density at radius 1 is 0.889 bits per heavy atom. The molecule has 1 amide bonds. The fraction of sp³-hybridized carbons (Fsp3) is 0.286. The van der Waals surface area contributed by atoms with Crippen LogP contribution in [0.3, 0.4) is 0 Å². The highest BCUT2D eigenvalue weighted by molar-refractivity contribution is 5.80. The minimum Gasteiger partial charge on any atom is -0.497 e. The van der Waals surface area contributed by atoms with Crippen molar-refractivity contribution in [3.05, 3.63) is 78.6 Å². The van der Waals surface area contributed by atoms with E-state index in [1.165, 1.54) is 17.0 Å². The van der Waals surface area contributed by atoms with Gasteiger partial charge in [0.15, 0.2) is 0 Å². The van der Waals surface area contributed by atoms with Gasteiger partial charge in [-0.25, -0.2) is 9.18 Å². The van der Waals surface area contributed by atoms with E-state index in [0.29, 0.717) is 30.2 Å². The van der Waals surface area contributed by atoms with Gasteiger partial charge in [0.05, 0.1) is 13.7 Å². The monoisotopic (exact) mass is 493 g/mol. The normalized spacial score (nSPS) is 16.9. The Morgan fingerprint density at radius 3 is 2.08 bits per heavy atom. The number of hydrogen-bond acceptors (Lipinski definition) is 6. The lowest BCUT2D eigenvalue weighted by Gasteiger charge is -2.27. The van der Waals surface area contributed by atoms with Crippen LogP contribution < -0.4 is 14.2 Å². The van der Waals surface area contributed by atoms with Crippen molar-refractivity contribution in [1.82, 2.24) is 4.90 Å². The Bertz CT molecular complexity index is 1180. The Morgan fingerprint density at radius 2 is 1.47 bits per heavy atom. The zero-order chi connectivity index (χ0) is 25.5. The molecular weight excluding hydrogens is 465 g/mol. The second kappa shape index (κ2) is 11.1. The van der Waals surface area contributed by atoms with Gasteiger partial charge in [-0.2, -0.15) is 0 Å². The molecule has 1 fully saturated rings. The predicted molar refractivity (Wildman–Crippen MR) is 132 cm³/mol. The zero-order valence-electron chi connectivity index (χ0n) is 20.2. The molecule has 0 spiro atoms. The van der Waals surface area contributed by atoms with Crippen LogP contribution in [-0.2, 0) is 9.53 Å². The number of ether oxygens (including phenoxy) is 4. The number of esters is 1. The smallest absolute Gasteiger partial charge is 0.415 e. The van der Waals surface area contributed by atoms with Crippen molar-refractivity contribution < 1.29 is 32.9 Å². The summed E-state index contributed by atoms with van der Waals surface area (Å²) < 4.78 is 35.1. The van der Waals surface area contributed by atoms with Gasteiger partial charge in [-0.15, -0.1) is 0 Å². The van der Waals surface area contributed by atoms with Crippen molar-refractivity contribution in [3.63, 3.8) is 0 Å². The maximum atomic E-state index is 13.2. The summed E-state index contributed by atoms with van der Waals surface area (Å²) in [5.41, 5.74) is 0.786. The van der Waals surface area contributed by atoms with Crippen LogP contribution in [0.15, 0.2) is 72.8 Å². The van der Waals surface area contributed by atoms with E-state index >= 15 is 0 Å². The number of rotatable bonds is 8. The minimum atomic E-state index is -1.01. The molecule has 8 heteroatoms. The molecule has 0 saturated carbocycles. The molecule has 36 heavy (non-hydrogen) atoms. The summed E-state index contributed by atoms with van der Waals surface area (Å²) in [5, 5.41) is 0. The Hall–Kier alpha value is -4.07. The predicted octanol–water partition coefficient (Wildman–Crippen LogP) is 5.33. The van der Waals surface area contributed by atoms with Gasteiger partial charge < -0.3 is 23.8 Å². The van der Waals surface area contributed by atoms with Gasteiger partial charge in [0.25, 0.3) is 0 Å². The summed E-state index contributed by atoms with van der Waals surface area (Å²) in [4.78, 5) is 27.2. The number of methoxy groups -OCH3 is 1. The Kier molecular flexibility index (Phi) is 7.73. The lowest BCUT2D eigenvalue weighted by molar-refractivity contribution is -0.156. The van der Waals surface area contributed by atoms with Crippen molar-refractivity contribution >= 4 is 12.1 Å². The molecule has 3 aromatic carbocycles. The number of likely N-dealkylation sites (tertiary alicyclic amines) is 1. The van der Waals surface area contributed by atoms with Crippen LogP contribution in [0.2, 0.25) is 0 Å². The summed E-state index contributed by atoms with van der Waals surface area (Å²) in [6.45, 7) is 2.47. The van der Waals surface area contributed by atoms with Crippen LogP contribution in [0.4, 0.5) is 9.18 Å². The summed E-state index contributed by atoms with van der Waals surface area (Å²) >= 11 is 0. The zero-order valence-corrected chi connectivity index (χ0v) is 20.2. The molecule has 7 nitrogen and oxygen atoms in total. The van der Waals surface area contributed by atoms with Gasteiger partial charge in [-0.05, 0) is 73.0 Å². The largest absolute Gasteiger partial charge is 0.497 e. The van der Waals surface area contributed by atoms with Crippen molar-refractivity contribution in [3.8, 4) is 28.4 Å². The highest BCUT2D eigenvalue weighted by Crippen LogP contribution is 2.34. The lowest BCUT2D eigenvalue weighted by Crippen LogP contribution is -2.43. The van der Waals surface area contributed by atoms with Crippen molar-refractivity contribution in [2.24, 2.45) is 5.41 Å². The number of halogens is 1. The molecular formula is C28H28FNO6. The van der Waals surface area contributed by atoms with Crippen LogP contribution in [0, 0.1) is 11.2 Å². The molecule has 188 valence electrons. The second-order valence-corrected chi connectivity index (χ2v) is 8.54. The lowest BCUT2D eigenvalue weighted by atomic mass is 9.88. The number of carbonyl (C=O) groups excluding carboxylic acids is 2. The highest BCUT2D eigenvalue weighted by atomic mass is 19.1. The molecule has 0 aliphatic carbocycles. The van der Waals surface area contributed by atoms with Crippen molar-refractivity contribution in [2.75, 3.05) is 33.4 Å². The molecule has 1 unspecified atom stereocenters. The minimum absolute atomic E-state index is 0.0496. The first-order chi connectivity index (χ1) is 17.4. The number of nitrogens with zero attached hydrogens (tertiary/aromatic N) is 1. The fourth-order valence-electron chi connectivity index (χ4n) is 4.07. The van der Waals surface area contributed by atoms with E-state index in [1.807, 2.05) is 12.1 Å². The molecule has 0 N–H and O–H groups in total. The molecule has 1 saturated heterocycles. The third-order valence-electron chi connectivity index (χ3n) is 6.13. The standard InChI is InChI=1S/C28H28FNO6/c1-3-34-26(31)28(16-17-30(18-28)27(32)36-25-14-12-23(33-2)13-15-25)19-35-24-10-6-21(7-11-24)20-4-8-22(29)9-5-20/h4-15H,3,16-19H2,1-2H3. The quantitative estimate of drug-likeness (QED) is 0.395. The molecule has 1 heterocycles. The maximum Gasteiger partial charge on any atom is 0.415 e. The summed E-state index contributed by atoms with van der Waals surface area (Å²) in [6.07, 6.45) is -0.160. The van der Waals surface area contributed by atoms with E-state index in [1.54, 1.807) is 62.6 Å². The molecule has 1 aliphatic heterocycles. The molecule has 1 aliphatic rings. The molecule has 0 aromatic heterocycles. The van der Waals surface area contributed by atoms with Crippen molar-refractivity contribution in [2.45, 2.75) is 13.3 Å². The van der Waals surface area contributed by atoms with Crippen LogP contribution in [0.1, 0.15) is 13.3 Å². The van der Waals surface area contributed by atoms with E-state index in [9.17, 15) is 14.0 Å². The molecule has 3 aromatic rings. The molecule has 4 rings (SSSR count). The van der Waals surface area contributed by atoms with Crippen LogP contribution in [0.5, 0.6) is 17.2 Å². The van der Waals surface area contributed by atoms with E-state index < -0.39 is 17.5 Å². The van der Waals surface area contributed by atoms with Gasteiger partial charge >= 0.3 is 12.1 Å². The first-order valence-electron chi connectivity index (χ1n) is 11.7. The summed E-state index contributed by atoms with van der Waals surface area (Å²) in [6, 6.07) is 20.2. The van der Waals surface area contributed by atoms with Gasteiger partial charge in [-0.3, -0.25) is 4.79 Å². The average molecular weight is 494 g/mol. The van der Waals surface area contributed by atoms with Crippen LogP contribution >= 0.6 is 0 Å². The SMILES string of the molecule is CCOC(=O)C1(COc2ccc(-c3ccc(F)cc3)cc2)CCN(C(=O)Oc2ccc(OC)cc2)C1. The maximum absolute atomic E-state index is 13.2. The molecule has 0 bridgehead atoms. The van der Waals surface area contributed by atoms with Gasteiger partial charge in [0.1, 0.15) is 35.1 Å². The topological polar surface area (TPSA) is 74.3 Å². The van der Waals surface area contributed by atoms with Crippen molar-refractivity contribution in [1.29, 1.82) is 0 Å². The van der Waals surface area contributed by atoms with E-state index in [-0.39, 0.29) is 25.6 Å². The Balaban J connectivity index is 1.41.